The van der Waals surface area contributed by atoms with E-state index in [0.29, 0.717) is 0 Å². The van der Waals surface area contributed by atoms with E-state index in [1.807, 2.05) is 0 Å². The minimum Gasteiger partial charge on any atom is 2.00 e. The molecule has 0 heterocycles. The summed E-state index contributed by atoms with van der Waals surface area (Å²) in [6.45, 7) is 0. The van der Waals surface area contributed by atoms with Gasteiger partial charge in [-0.05, 0) is 115 Å². The summed E-state index contributed by atoms with van der Waals surface area (Å²) in [4.78, 5) is 4.63. The van der Waals surface area contributed by atoms with Crippen molar-refractivity contribution in [2.24, 2.45) is 0 Å². The van der Waals surface area contributed by atoms with Crippen LogP contribution in [-0.2, 0) is 33.4 Å². The molecule has 299 valence electrons. The summed E-state index contributed by atoms with van der Waals surface area (Å²) in [7, 11) is 7.47. The Hall–Kier alpha value is -2.28. The summed E-state index contributed by atoms with van der Waals surface area (Å²) in [5.74, 6) is 2.80. The molecule has 0 spiro atoms. The topological polar surface area (TPSA) is 6.48 Å². The maximum atomic E-state index is 2.87. The van der Waals surface area contributed by atoms with Crippen LogP contribution in [0.1, 0.15) is 23.2 Å². The molecule has 0 aliphatic heterocycles. The molecule has 0 bridgehead atoms. The third-order valence-electron chi connectivity index (χ3n) is 10.0. The number of nitrogens with zero attached hydrogens (tertiary/aromatic N) is 2. The Morgan fingerprint density at radius 1 is 0.373 bits per heavy atom. The van der Waals surface area contributed by atoms with Gasteiger partial charge in [0.2, 0.25) is 0 Å². The second-order valence-corrected chi connectivity index (χ2v) is 18.7. The van der Waals surface area contributed by atoms with E-state index in [1.165, 1.54) is 55.5 Å². The molecule has 0 unspecified atom stereocenters. The predicted molar refractivity (Wildman–Crippen MR) is 252 cm³/mol. The van der Waals surface area contributed by atoms with Crippen molar-refractivity contribution in [1.82, 2.24) is 9.80 Å². The van der Waals surface area contributed by atoms with Crippen LogP contribution in [0.4, 0.5) is 0 Å². The average molecular weight is 1000 g/mol. The smallest absolute Gasteiger partial charge is 2.00 e. The predicted octanol–water partition coefficient (Wildman–Crippen LogP) is 11.2. The fourth-order valence-corrected chi connectivity index (χ4v) is 12.6. The summed E-state index contributed by atoms with van der Waals surface area (Å²) < 4.78 is 0. The fourth-order valence-electron chi connectivity index (χ4n) is 7.66. The molecule has 0 aromatic heterocycles. The second-order valence-electron chi connectivity index (χ2n) is 14.3. The Morgan fingerprint density at radius 3 is 0.847 bits per heavy atom. The van der Waals surface area contributed by atoms with E-state index in [2.05, 4.69) is 288 Å². The van der Waals surface area contributed by atoms with Crippen molar-refractivity contribution in [2.45, 2.75) is 12.1 Å². The Balaban J connectivity index is 0.000000212. The van der Waals surface area contributed by atoms with Gasteiger partial charge in [-0.3, -0.25) is 0 Å². The maximum Gasteiger partial charge on any atom is 2.00 e. The number of hydrogen-bond acceptors (Lipinski definition) is 2. The van der Waals surface area contributed by atoms with Crippen molar-refractivity contribution in [1.29, 1.82) is 0 Å². The van der Waals surface area contributed by atoms with Gasteiger partial charge in [-0.25, -0.2) is 0 Å². The SMILES string of the molecule is CN(C)[C@@H]([C]1[CH][CH][CH][C]1P(c1ccccc1)c1ccccc1)c1ccccc1.CN(C)[C@@H]([C]1[CH][CH][CH][C]1P(c1ccccc1)c1ccccc1)c1ccccc1.[Br][Ru].[Fe+2]. The van der Waals surface area contributed by atoms with Crippen LogP contribution in [0.5, 0.6) is 0 Å². The molecular formula is C52H50BrFeN2P2Ru+2. The molecule has 8 rings (SSSR count). The zero-order valence-electron chi connectivity index (χ0n) is 33.8. The average Bonchev–Trinajstić information content (AvgIpc) is 3.95. The molecule has 2 fully saturated rings. The summed E-state index contributed by atoms with van der Waals surface area (Å²) in [5, 5.41) is 5.56. The van der Waals surface area contributed by atoms with E-state index < -0.39 is 15.8 Å². The van der Waals surface area contributed by atoms with Gasteiger partial charge in [0.25, 0.3) is 0 Å². The maximum absolute atomic E-state index is 2.87. The van der Waals surface area contributed by atoms with Crippen molar-refractivity contribution in [2.75, 3.05) is 28.2 Å². The van der Waals surface area contributed by atoms with E-state index in [9.17, 15) is 0 Å². The van der Waals surface area contributed by atoms with Gasteiger partial charge in [0.1, 0.15) is 0 Å². The summed E-state index contributed by atoms with van der Waals surface area (Å²) in [6, 6.07) is 65.8. The van der Waals surface area contributed by atoms with Gasteiger partial charge in [0.05, 0.1) is 0 Å². The molecule has 2 saturated carbocycles. The van der Waals surface area contributed by atoms with Gasteiger partial charge in [0.15, 0.2) is 0 Å². The molecule has 0 saturated heterocycles. The molecule has 2 nitrogen and oxygen atoms in total. The monoisotopic (exact) mass is 1000 g/mol. The molecule has 10 radical (unpaired) electrons. The van der Waals surface area contributed by atoms with Crippen molar-refractivity contribution in [3.8, 4) is 0 Å². The van der Waals surface area contributed by atoms with Crippen LogP contribution >= 0.6 is 29.5 Å². The largest absolute Gasteiger partial charge is 2.00 e. The molecule has 6 aromatic rings. The molecule has 0 N–H and O–H groups in total. The minimum atomic E-state index is -0.604. The molecular weight excluding hydrogens is 951 g/mol. The third kappa shape index (κ3) is 12.4. The zero-order valence-corrected chi connectivity index (χ0v) is 40.0. The van der Waals surface area contributed by atoms with Crippen LogP contribution in [0.2, 0.25) is 0 Å². The van der Waals surface area contributed by atoms with Crippen LogP contribution < -0.4 is 21.2 Å². The van der Waals surface area contributed by atoms with E-state index in [0.717, 1.165) is 0 Å². The van der Waals surface area contributed by atoms with Crippen molar-refractivity contribution in [3.05, 3.63) is 255 Å². The summed E-state index contributed by atoms with van der Waals surface area (Å²) in [5.41, 5.74) is 5.54. The first-order valence-electron chi connectivity index (χ1n) is 19.4. The van der Waals surface area contributed by atoms with Crippen LogP contribution in [-0.4, -0.2) is 38.0 Å². The zero-order chi connectivity index (χ0) is 40.7. The van der Waals surface area contributed by atoms with Crippen LogP contribution in [0.15, 0.2) is 182 Å². The minimum absolute atomic E-state index is 0. The standard InChI is InChI=1S/2C26H25NP.BrH.Fe.Ru/c2*1-27(2)26(21-13-6-3-7-14-21)24-19-12-20-25(24)28(22-15-8-4-9-16-22)23-17-10-5-11-18-23;;;/h2*3-20,26H,1-2H3;1H;;/q;;;+2;+1/p-1/t2*26-;;;/m11.../s1. The van der Waals surface area contributed by atoms with Crippen LogP contribution in [0, 0.1) is 61.7 Å². The van der Waals surface area contributed by atoms with Gasteiger partial charge in [-0.2, -0.15) is 0 Å². The van der Waals surface area contributed by atoms with E-state index >= 15 is 0 Å². The van der Waals surface area contributed by atoms with Crippen molar-refractivity contribution >= 4 is 50.7 Å². The Bertz CT molecular complexity index is 1790. The van der Waals surface area contributed by atoms with E-state index in [1.54, 1.807) is 0 Å². The fraction of sp³-hybridized carbons (Fsp3) is 0.115. The van der Waals surface area contributed by atoms with Gasteiger partial charge in [-0.15, -0.1) is 0 Å². The number of benzene rings is 6. The normalized spacial score (nSPS) is 16.0. The van der Waals surface area contributed by atoms with E-state index in [-0.39, 0.29) is 29.2 Å². The van der Waals surface area contributed by atoms with Gasteiger partial charge in [-0.1, -0.05) is 182 Å². The summed E-state index contributed by atoms with van der Waals surface area (Å²) >= 11 is 5.03. The molecule has 6 aromatic carbocycles. The third-order valence-corrected chi connectivity index (χ3v) is 15.1. The summed E-state index contributed by atoms with van der Waals surface area (Å²) in [6.07, 6.45) is 13.7. The first kappa shape index (κ1) is 47.8. The van der Waals surface area contributed by atoms with Crippen LogP contribution in [0.25, 0.3) is 0 Å². The first-order chi connectivity index (χ1) is 28.5. The molecule has 2 atom stereocenters. The molecule has 59 heavy (non-hydrogen) atoms. The molecule has 7 heteroatoms. The van der Waals surface area contributed by atoms with Gasteiger partial charge in [0, 0.05) is 35.2 Å². The number of hydrogen-bond donors (Lipinski definition) is 0. The van der Waals surface area contributed by atoms with Gasteiger partial charge < -0.3 is 9.80 Å². The van der Waals surface area contributed by atoms with Crippen molar-refractivity contribution < 1.29 is 33.4 Å². The van der Waals surface area contributed by atoms with E-state index in [4.69, 9.17) is 0 Å². The molecule has 2 aliphatic rings. The Kier molecular flexibility index (Phi) is 20.2. The second kappa shape index (κ2) is 25.0. The van der Waals surface area contributed by atoms with Crippen molar-refractivity contribution in [3.63, 3.8) is 0 Å². The molecule has 0 amide bonds. The number of halogens is 1. The first-order valence-corrected chi connectivity index (χ1v) is 26.0. The van der Waals surface area contributed by atoms with Crippen LogP contribution in [0.3, 0.4) is 0 Å². The van der Waals surface area contributed by atoms with Gasteiger partial charge >= 0.3 is 47.0 Å². The Morgan fingerprint density at radius 2 is 0.610 bits per heavy atom. The Labute approximate surface area is 386 Å². The molecule has 2 aliphatic carbocycles. The number of rotatable bonds is 12. The quantitative estimate of drug-likeness (QED) is 0.0890.